The van der Waals surface area contributed by atoms with Gasteiger partial charge in [-0.2, -0.15) is 5.10 Å². The molecule has 12 nitrogen and oxygen atoms in total. The first-order valence-corrected chi connectivity index (χ1v) is 18.6. The fraction of sp³-hybridized carbons (Fsp3) is 0.450. The number of ether oxygens (including phenoxy) is 1. The van der Waals surface area contributed by atoms with Gasteiger partial charge in [0.2, 0.25) is 0 Å². The van der Waals surface area contributed by atoms with Crippen LogP contribution in [0, 0.1) is 17.0 Å². The van der Waals surface area contributed by atoms with Crippen LogP contribution in [0.2, 0.25) is 5.15 Å². The van der Waals surface area contributed by atoms with Crippen LogP contribution in [-0.2, 0) is 20.4 Å². The quantitative estimate of drug-likeness (QED) is 0.163. The van der Waals surface area contributed by atoms with E-state index < -0.39 is 57.6 Å². The first kappa shape index (κ1) is 39.6. The number of hydrogen-bond donors (Lipinski definition) is 1. The fourth-order valence-corrected chi connectivity index (χ4v) is 8.16. The molecule has 2 aliphatic rings. The number of rotatable bonds is 9. The highest BCUT2D eigenvalue weighted by molar-refractivity contribution is 6.29. The number of nitrogens with one attached hydrogen (secondary N) is 1. The second-order valence-corrected chi connectivity index (χ2v) is 16.7. The third-order valence-electron chi connectivity index (χ3n) is 10.5. The third-order valence-corrected chi connectivity index (χ3v) is 10.7. The van der Waals surface area contributed by atoms with Gasteiger partial charge in [-0.1, -0.05) is 51.8 Å². The SMILES string of the molecule is C=Cc1cc(C(C(C)(C)C)C2(c3ncccc3F)CCC2)c(NC(=O)ON(C(=O)OC(c2ccc(Cl)nn2)C2(c3ncccc3F)CCC2)C(C)(C)C)nn1. The fourth-order valence-electron chi connectivity index (χ4n) is 8.06. The molecule has 0 spiro atoms. The largest absolute Gasteiger partial charge is 0.444 e. The second-order valence-electron chi connectivity index (χ2n) is 16.3. The van der Waals surface area contributed by atoms with Crippen LogP contribution in [0.1, 0.15) is 120 Å². The number of nitrogens with zero attached hydrogens (tertiary/aromatic N) is 7. The molecule has 4 aromatic rings. The first-order chi connectivity index (χ1) is 26.0. The number of carbonyl (C=O) groups is 2. The summed E-state index contributed by atoms with van der Waals surface area (Å²) in [6.45, 7) is 14.9. The van der Waals surface area contributed by atoms with Crippen LogP contribution in [0.3, 0.4) is 0 Å². The molecular formula is C40H45ClF2N8O4. The third kappa shape index (κ3) is 7.73. The monoisotopic (exact) mass is 774 g/mol. The molecule has 4 aromatic heterocycles. The molecule has 2 aliphatic carbocycles. The van der Waals surface area contributed by atoms with Gasteiger partial charge >= 0.3 is 12.2 Å². The summed E-state index contributed by atoms with van der Waals surface area (Å²) in [5, 5.41) is 20.3. The summed E-state index contributed by atoms with van der Waals surface area (Å²) in [5.74, 6) is -1.31. The van der Waals surface area contributed by atoms with E-state index in [4.69, 9.17) is 21.2 Å². The summed E-state index contributed by atoms with van der Waals surface area (Å²) < 4.78 is 37.0. The van der Waals surface area contributed by atoms with Gasteiger partial charge in [-0.25, -0.2) is 18.4 Å². The molecule has 0 aromatic carbocycles. The van der Waals surface area contributed by atoms with Crippen LogP contribution < -0.4 is 5.32 Å². The number of aromatic nitrogens is 6. The zero-order chi connectivity index (χ0) is 39.8. The van der Waals surface area contributed by atoms with Gasteiger partial charge in [-0.15, -0.1) is 20.4 Å². The number of carbonyl (C=O) groups excluding carboxylic acids is 2. The van der Waals surface area contributed by atoms with Crippen molar-refractivity contribution in [1.29, 1.82) is 0 Å². The van der Waals surface area contributed by atoms with Crippen molar-refractivity contribution in [2.24, 2.45) is 5.41 Å². The number of hydroxylamine groups is 2. The van der Waals surface area contributed by atoms with E-state index in [0.717, 1.165) is 11.5 Å². The molecule has 0 saturated heterocycles. The van der Waals surface area contributed by atoms with E-state index in [9.17, 15) is 9.59 Å². The highest BCUT2D eigenvalue weighted by Gasteiger charge is 2.55. The number of amides is 2. The maximum Gasteiger partial charge on any atom is 0.444 e. The van der Waals surface area contributed by atoms with Crippen LogP contribution in [-0.4, -0.2) is 53.2 Å². The number of halogens is 3. The highest BCUT2D eigenvalue weighted by Crippen LogP contribution is 2.60. The molecule has 2 fully saturated rings. The standard InChI is InChI=1S/C40H45ClF2N8O4/c1-8-24-23-25(30(37(2,3)4)39(17-11-18-39)31-26(42)13-9-21-44-31)34(50-47-24)46-35(52)55-51(38(5,6)7)36(53)54-33(28-15-16-29(41)49-48-28)40(19-12-20-40)32-27(43)14-10-22-45-32/h8-10,13-16,21-23,30,33H,1,11-12,17-20H2,2-7H3,(H,46,50,52). The van der Waals surface area contributed by atoms with Gasteiger partial charge in [0, 0.05) is 29.3 Å². The molecule has 290 valence electrons. The lowest BCUT2D eigenvalue weighted by Crippen LogP contribution is -2.51. The van der Waals surface area contributed by atoms with Crippen molar-refractivity contribution in [3.63, 3.8) is 0 Å². The molecule has 0 radical (unpaired) electrons. The number of pyridine rings is 2. The summed E-state index contributed by atoms with van der Waals surface area (Å²) in [6, 6.07) is 10.6. The molecule has 2 atom stereocenters. The van der Waals surface area contributed by atoms with E-state index in [1.54, 1.807) is 45.2 Å². The maximum absolute atomic E-state index is 15.5. The minimum atomic E-state index is -1.18. The van der Waals surface area contributed by atoms with E-state index in [1.165, 1.54) is 36.5 Å². The van der Waals surface area contributed by atoms with Gasteiger partial charge in [0.1, 0.15) is 17.3 Å². The molecule has 55 heavy (non-hydrogen) atoms. The van der Waals surface area contributed by atoms with Crippen LogP contribution in [0.5, 0.6) is 0 Å². The van der Waals surface area contributed by atoms with Crippen molar-refractivity contribution >= 4 is 35.7 Å². The predicted molar refractivity (Wildman–Crippen MR) is 202 cm³/mol. The Bertz CT molecular complexity index is 2060. The Morgan fingerprint density at radius 2 is 1.49 bits per heavy atom. The van der Waals surface area contributed by atoms with Crippen LogP contribution in [0.15, 0.2) is 61.4 Å². The normalized spacial score (nSPS) is 17.1. The average Bonchev–Trinajstić information content (AvgIpc) is 3.08. The smallest absolute Gasteiger partial charge is 0.436 e. The number of hydrogen-bond acceptors (Lipinski definition) is 10. The van der Waals surface area contributed by atoms with E-state index in [1.807, 2.05) is 20.8 Å². The minimum Gasteiger partial charge on any atom is -0.436 e. The molecule has 2 unspecified atom stereocenters. The van der Waals surface area contributed by atoms with E-state index in [0.29, 0.717) is 49.1 Å². The molecule has 0 aliphatic heterocycles. The van der Waals surface area contributed by atoms with Crippen molar-refractivity contribution in [3.05, 3.63) is 107 Å². The Labute approximate surface area is 324 Å². The van der Waals surface area contributed by atoms with Crippen molar-refractivity contribution in [3.8, 4) is 0 Å². The second kappa shape index (κ2) is 15.2. The summed E-state index contributed by atoms with van der Waals surface area (Å²) in [5.41, 5.74) is -1.72. The van der Waals surface area contributed by atoms with Crippen molar-refractivity contribution < 1.29 is 27.9 Å². The molecule has 1 N–H and O–H groups in total. The van der Waals surface area contributed by atoms with Gasteiger partial charge in [0.25, 0.3) is 0 Å². The van der Waals surface area contributed by atoms with E-state index in [-0.39, 0.29) is 22.4 Å². The summed E-state index contributed by atoms with van der Waals surface area (Å²) >= 11 is 6.05. The molecule has 2 amide bonds. The Hall–Kier alpha value is -5.11. The van der Waals surface area contributed by atoms with Crippen molar-refractivity contribution in [2.45, 2.75) is 108 Å². The first-order valence-electron chi connectivity index (χ1n) is 18.2. The lowest BCUT2D eigenvalue weighted by Gasteiger charge is -2.52. The van der Waals surface area contributed by atoms with Gasteiger partial charge < -0.3 is 9.57 Å². The molecule has 4 heterocycles. The number of anilines is 1. The van der Waals surface area contributed by atoms with Crippen molar-refractivity contribution in [1.82, 2.24) is 35.4 Å². The van der Waals surface area contributed by atoms with Crippen LogP contribution in [0.25, 0.3) is 6.08 Å². The van der Waals surface area contributed by atoms with Gasteiger partial charge in [0.05, 0.1) is 28.0 Å². The van der Waals surface area contributed by atoms with Gasteiger partial charge in [0.15, 0.2) is 17.1 Å². The zero-order valence-electron chi connectivity index (χ0n) is 31.8. The summed E-state index contributed by atoms with van der Waals surface area (Å²) in [7, 11) is 0. The Morgan fingerprint density at radius 1 is 0.891 bits per heavy atom. The van der Waals surface area contributed by atoms with Gasteiger partial charge in [-0.05, 0) is 100 Å². The summed E-state index contributed by atoms with van der Waals surface area (Å²) in [4.78, 5) is 42.7. The lowest BCUT2D eigenvalue weighted by molar-refractivity contribution is -0.144. The molecule has 6 rings (SSSR count). The lowest BCUT2D eigenvalue weighted by atomic mass is 9.51. The van der Waals surface area contributed by atoms with Crippen molar-refractivity contribution in [2.75, 3.05) is 5.32 Å². The van der Waals surface area contributed by atoms with Crippen LogP contribution >= 0.6 is 11.6 Å². The maximum atomic E-state index is 15.5. The van der Waals surface area contributed by atoms with Crippen LogP contribution in [0.4, 0.5) is 24.2 Å². The van der Waals surface area contributed by atoms with E-state index in [2.05, 4.69) is 42.3 Å². The minimum absolute atomic E-state index is 0.0636. The van der Waals surface area contributed by atoms with E-state index >= 15 is 8.78 Å². The molecular weight excluding hydrogens is 730 g/mol. The zero-order valence-corrected chi connectivity index (χ0v) is 32.5. The topological polar surface area (TPSA) is 145 Å². The molecule has 0 bridgehead atoms. The molecule has 15 heteroatoms. The Morgan fingerprint density at radius 3 is 1.96 bits per heavy atom. The Balaban J connectivity index is 1.33. The Kier molecular flexibility index (Phi) is 10.9. The highest BCUT2D eigenvalue weighted by atomic mass is 35.5. The summed E-state index contributed by atoms with van der Waals surface area (Å²) in [6.07, 6.45) is 5.06. The predicted octanol–water partition coefficient (Wildman–Crippen LogP) is 9.45. The van der Waals surface area contributed by atoms with Gasteiger partial charge in [-0.3, -0.25) is 15.3 Å². The molecule has 2 saturated carbocycles. The average molecular weight is 775 g/mol.